The third-order valence-electron chi connectivity index (χ3n) is 2.69. The molecule has 3 heteroatoms. The molecule has 1 aromatic carbocycles. The van der Waals surface area contributed by atoms with Crippen molar-refractivity contribution in [1.29, 1.82) is 0 Å². The largest absolute Gasteiger partial charge is 0.324 e. The summed E-state index contributed by atoms with van der Waals surface area (Å²) < 4.78 is 1.09. The number of hydrogen-bond donors (Lipinski definition) is 1. The molecular weight excluding hydrogens is 249 g/mol. The maximum absolute atomic E-state index is 6.05. The van der Waals surface area contributed by atoms with Crippen LogP contribution >= 0.6 is 27.5 Å². The van der Waals surface area contributed by atoms with Gasteiger partial charge in [0, 0.05) is 15.5 Å². The predicted octanol–water partition coefficient (Wildman–Crippen LogP) is 3.29. The van der Waals surface area contributed by atoms with E-state index in [-0.39, 0.29) is 6.04 Å². The van der Waals surface area contributed by atoms with Gasteiger partial charge in [-0.15, -0.1) is 0 Å². The fourth-order valence-corrected chi connectivity index (χ4v) is 2.89. The van der Waals surface area contributed by atoms with Gasteiger partial charge in [-0.2, -0.15) is 0 Å². The van der Waals surface area contributed by atoms with E-state index in [1.54, 1.807) is 0 Å². The molecule has 2 atom stereocenters. The molecule has 2 rings (SSSR count). The predicted molar refractivity (Wildman–Crippen MR) is 58.9 cm³/mol. The van der Waals surface area contributed by atoms with Crippen molar-refractivity contribution in [2.75, 3.05) is 0 Å². The van der Waals surface area contributed by atoms with Crippen molar-refractivity contribution < 1.29 is 0 Å². The van der Waals surface area contributed by atoms with Gasteiger partial charge in [0.2, 0.25) is 0 Å². The Bertz CT molecular complexity index is 351. The second-order valence-corrected chi connectivity index (χ2v) is 4.95. The van der Waals surface area contributed by atoms with Crippen molar-refractivity contribution in [1.82, 2.24) is 0 Å². The first-order chi connectivity index (χ1) is 6.09. The van der Waals surface area contributed by atoms with E-state index in [1.165, 1.54) is 11.1 Å². The Morgan fingerprint density at radius 1 is 1.54 bits per heavy atom. The molecule has 0 bridgehead atoms. The summed E-state index contributed by atoms with van der Waals surface area (Å²) in [5, 5.41) is 0.759. The molecule has 0 fully saturated rings. The second-order valence-electron chi connectivity index (χ2n) is 3.66. The summed E-state index contributed by atoms with van der Waals surface area (Å²) in [4.78, 5) is 0. The van der Waals surface area contributed by atoms with Crippen LogP contribution in [0.1, 0.15) is 24.1 Å². The molecule has 0 amide bonds. The molecule has 0 aliphatic heterocycles. The Balaban J connectivity index is 2.57. The highest BCUT2D eigenvalue weighted by Crippen LogP contribution is 2.39. The first-order valence-electron chi connectivity index (χ1n) is 4.33. The summed E-state index contributed by atoms with van der Waals surface area (Å²) >= 11 is 9.47. The van der Waals surface area contributed by atoms with Crippen molar-refractivity contribution in [2.45, 2.75) is 19.4 Å². The van der Waals surface area contributed by atoms with E-state index >= 15 is 0 Å². The van der Waals surface area contributed by atoms with Crippen LogP contribution in [-0.2, 0) is 6.42 Å². The minimum Gasteiger partial charge on any atom is -0.324 e. The van der Waals surface area contributed by atoms with Gasteiger partial charge in [0.05, 0.1) is 0 Å². The quantitative estimate of drug-likeness (QED) is 0.761. The summed E-state index contributed by atoms with van der Waals surface area (Å²) in [6.45, 7) is 2.17. The van der Waals surface area contributed by atoms with Gasteiger partial charge in [0.1, 0.15) is 0 Å². The number of nitrogens with two attached hydrogens (primary N) is 1. The third kappa shape index (κ3) is 1.51. The van der Waals surface area contributed by atoms with E-state index in [0.29, 0.717) is 5.92 Å². The van der Waals surface area contributed by atoms with Crippen LogP contribution in [0.3, 0.4) is 0 Å². The highest BCUT2D eigenvalue weighted by Gasteiger charge is 2.28. The van der Waals surface area contributed by atoms with E-state index in [1.807, 2.05) is 12.1 Å². The topological polar surface area (TPSA) is 26.0 Å². The molecule has 1 aliphatic rings. The molecule has 0 spiro atoms. The normalized spacial score (nSPS) is 26.2. The molecule has 0 radical (unpaired) electrons. The molecule has 70 valence electrons. The minimum atomic E-state index is 0.144. The molecule has 0 aromatic heterocycles. The van der Waals surface area contributed by atoms with Crippen LogP contribution in [0.4, 0.5) is 0 Å². The fraction of sp³-hybridized carbons (Fsp3) is 0.400. The maximum atomic E-state index is 6.05. The lowest BCUT2D eigenvalue weighted by atomic mass is 10.0. The summed E-state index contributed by atoms with van der Waals surface area (Å²) in [7, 11) is 0. The standard InChI is InChI=1S/C10H11BrClN/c1-5-2-7-8(10(5)13)3-6(12)4-9(7)11/h3-5,10H,2,13H2,1H3. The highest BCUT2D eigenvalue weighted by molar-refractivity contribution is 9.10. The molecule has 2 N–H and O–H groups in total. The second kappa shape index (κ2) is 3.26. The summed E-state index contributed by atoms with van der Waals surface area (Å²) in [5.41, 5.74) is 8.57. The number of halogens is 2. The minimum absolute atomic E-state index is 0.144. The molecule has 1 aromatic rings. The van der Waals surface area contributed by atoms with Gasteiger partial charge in [-0.05, 0) is 35.6 Å². The van der Waals surface area contributed by atoms with E-state index in [9.17, 15) is 0 Å². The van der Waals surface area contributed by atoms with Gasteiger partial charge in [-0.1, -0.05) is 34.5 Å². The first kappa shape index (κ1) is 9.50. The summed E-state index contributed by atoms with van der Waals surface area (Å²) in [6, 6.07) is 4.06. The Kier molecular flexibility index (Phi) is 2.39. The van der Waals surface area contributed by atoms with Gasteiger partial charge in [-0.3, -0.25) is 0 Å². The molecule has 0 heterocycles. The Labute approximate surface area is 91.4 Å². The fourth-order valence-electron chi connectivity index (χ4n) is 1.89. The van der Waals surface area contributed by atoms with Crippen LogP contribution < -0.4 is 5.73 Å². The smallest absolute Gasteiger partial charge is 0.0420 e. The van der Waals surface area contributed by atoms with Crippen LogP contribution in [0, 0.1) is 5.92 Å². The van der Waals surface area contributed by atoms with Gasteiger partial charge in [0.25, 0.3) is 0 Å². The highest BCUT2D eigenvalue weighted by atomic mass is 79.9. The average molecular weight is 261 g/mol. The molecule has 2 unspecified atom stereocenters. The van der Waals surface area contributed by atoms with Gasteiger partial charge in [-0.25, -0.2) is 0 Å². The van der Waals surface area contributed by atoms with E-state index in [0.717, 1.165) is 15.9 Å². The molecule has 13 heavy (non-hydrogen) atoms. The van der Waals surface area contributed by atoms with Crippen LogP contribution in [0.2, 0.25) is 5.02 Å². The van der Waals surface area contributed by atoms with E-state index in [2.05, 4.69) is 22.9 Å². The Morgan fingerprint density at radius 3 is 2.92 bits per heavy atom. The van der Waals surface area contributed by atoms with Crippen LogP contribution in [0.25, 0.3) is 0 Å². The molecular formula is C10H11BrClN. The number of fused-ring (bicyclic) bond motifs is 1. The zero-order valence-electron chi connectivity index (χ0n) is 7.35. The van der Waals surface area contributed by atoms with Crippen molar-refractivity contribution in [3.63, 3.8) is 0 Å². The molecule has 1 aliphatic carbocycles. The number of hydrogen-bond acceptors (Lipinski definition) is 1. The van der Waals surface area contributed by atoms with Crippen molar-refractivity contribution >= 4 is 27.5 Å². The number of rotatable bonds is 0. The zero-order valence-corrected chi connectivity index (χ0v) is 9.69. The zero-order chi connectivity index (χ0) is 9.59. The lowest BCUT2D eigenvalue weighted by Gasteiger charge is -2.09. The van der Waals surface area contributed by atoms with Crippen molar-refractivity contribution in [3.8, 4) is 0 Å². The van der Waals surface area contributed by atoms with Crippen molar-refractivity contribution in [3.05, 3.63) is 32.8 Å². The van der Waals surface area contributed by atoms with E-state index in [4.69, 9.17) is 17.3 Å². The van der Waals surface area contributed by atoms with Gasteiger partial charge < -0.3 is 5.73 Å². The molecule has 0 saturated heterocycles. The average Bonchev–Trinajstić information content (AvgIpc) is 2.32. The monoisotopic (exact) mass is 259 g/mol. The molecule has 1 nitrogen and oxygen atoms in total. The van der Waals surface area contributed by atoms with Crippen LogP contribution in [0.15, 0.2) is 16.6 Å². The lowest BCUT2D eigenvalue weighted by molar-refractivity contribution is 0.513. The maximum Gasteiger partial charge on any atom is 0.0420 e. The summed E-state index contributed by atoms with van der Waals surface area (Å²) in [5.74, 6) is 0.518. The Hall–Kier alpha value is -0.0500. The Morgan fingerprint density at radius 2 is 2.23 bits per heavy atom. The first-order valence-corrected chi connectivity index (χ1v) is 5.50. The van der Waals surface area contributed by atoms with Crippen LogP contribution in [0.5, 0.6) is 0 Å². The SMILES string of the molecule is CC1Cc2c(Br)cc(Cl)cc2C1N. The third-order valence-corrected chi connectivity index (χ3v) is 3.62. The summed E-state index contributed by atoms with van der Waals surface area (Å²) in [6.07, 6.45) is 1.05. The van der Waals surface area contributed by atoms with Crippen molar-refractivity contribution in [2.24, 2.45) is 11.7 Å². The van der Waals surface area contributed by atoms with E-state index < -0.39 is 0 Å². The molecule has 0 saturated carbocycles. The number of benzene rings is 1. The van der Waals surface area contributed by atoms with Gasteiger partial charge >= 0.3 is 0 Å². The van der Waals surface area contributed by atoms with Gasteiger partial charge in [0.15, 0.2) is 0 Å². The van der Waals surface area contributed by atoms with Crippen LogP contribution in [-0.4, -0.2) is 0 Å². The lowest BCUT2D eigenvalue weighted by Crippen LogP contribution is -2.13.